The van der Waals surface area contributed by atoms with Crippen molar-refractivity contribution in [2.75, 3.05) is 13.1 Å². The lowest BCUT2D eigenvalue weighted by molar-refractivity contribution is 0.118. The summed E-state index contributed by atoms with van der Waals surface area (Å²) in [4.78, 5) is 6.80. The molecule has 1 fully saturated rings. The molecule has 0 amide bonds. The van der Waals surface area contributed by atoms with E-state index in [2.05, 4.69) is 15.0 Å². The molecule has 1 aromatic carbocycles. The fourth-order valence-corrected chi connectivity index (χ4v) is 3.00. The van der Waals surface area contributed by atoms with Crippen LogP contribution in [0.15, 0.2) is 28.8 Å². The van der Waals surface area contributed by atoms with Crippen LogP contribution in [0.5, 0.6) is 0 Å². The summed E-state index contributed by atoms with van der Waals surface area (Å²) in [5.74, 6) is 0.830. The van der Waals surface area contributed by atoms with Gasteiger partial charge in [0.1, 0.15) is 5.82 Å². The van der Waals surface area contributed by atoms with Gasteiger partial charge in [0.25, 0.3) is 0 Å². The van der Waals surface area contributed by atoms with Crippen LogP contribution in [0, 0.1) is 5.82 Å². The average molecular weight is 341 g/mol. The fraction of sp³-hybridized carbons (Fsp3) is 0.500. The molecule has 23 heavy (non-hydrogen) atoms. The number of nitrogens with two attached hydrogens (primary N) is 1. The Balaban J connectivity index is 0.00000192. The van der Waals surface area contributed by atoms with Crippen molar-refractivity contribution in [1.29, 1.82) is 0 Å². The number of piperidine rings is 1. The van der Waals surface area contributed by atoms with Gasteiger partial charge in [0.15, 0.2) is 0 Å². The van der Waals surface area contributed by atoms with Crippen LogP contribution < -0.4 is 5.73 Å². The number of halogens is 2. The highest BCUT2D eigenvalue weighted by Crippen LogP contribution is 2.22. The molecule has 2 aromatic rings. The highest BCUT2D eigenvalue weighted by molar-refractivity contribution is 5.85. The third-order valence-corrected chi connectivity index (χ3v) is 4.16. The molecule has 7 heteroatoms. The first-order valence-corrected chi connectivity index (χ1v) is 7.79. The zero-order valence-electron chi connectivity index (χ0n) is 12.9. The highest BCUT2D eigenvalue weighted by Gasteiger charge is 2.23. The first kappa shape index (κ1) is 17.8. The molecule has 5 nitrogen and oxygen atoms in total. The van der Waals surface area contributed by atoms with Gasteiger partial charge in [-0.15, -0.1) is 12.4 Å². The molecular weight excluding hydrogens is 319 g/mol. The van der Waals surface area contributed by atoms with Crippen molar-refractivity contribution in [1.82, 2.24) is 15.0 Å². The van der Waals surface area contributed by atoms with E-state index < -0.39 is 0 Å². The number of hydrogen-bond donors (Lipinski definition) is 1. The van der Waals surface area contributed by atoms with Gasteiger partial charge < -0.3 is 10.3 Å². The molecule has 2 heterocycles. The lowest BCUT2D eigenvalue weighted by Gasteiger charge is -2.34. The standard InChI is InChI=1S/C16H21FN4O.ClH/c17-13-6-4-12(5-7-13)16-19-15(22-20-16)11-21-10-2-1-3-14(21)8-9-18;/h4-7,14H,1-3,8-11,18H2;1H. The molecule has 126 valence electrons. The Kier molecular flexibility index (Phi) is 6.50. The van der Waals surface area contributed by atoms with Gasteiger partial charge in [-0.05, 0) is 56.6 Å². The Hall–Kier alpha value is -1.50. The second kappa shape index (κ2) is 8.38. The topological polar surface area (TPSA) is 68.2 Å². The summed E-state index contributed by atoms with van der Waals surface area (Å²) >= 11 is 0. The van der Waals surface area contributed by atoms with Crippen molar-refractivity contribution in [3.05, 3.63) is 36.0 Å². The minimum atomic E-state index is -0.273. The Bertz CT molecular complexity index is 602. The second-order valence-corrected chi connectivity index (χ2v) is 5.72. The van der Waals surface area contributed by atoms with E-state index in [1.165, 1.54) is 31.4 Å². The minimum absolute atomic E-state index is 0. The van der Waals surface area contributed by atoms with Gasteiger partial charge in [-0.2, -0.15) is 4.98 Å². The third-order valence-electron chi connectivity index (χ3n) is 4.16. The van der Waals surface area contributed by atoms with E-state index in [4.69, 9.17) is 10.3 Å². The van der Waals surface area contributed by atoms with Crippen molar-refractivity contribution >= 4 is 12.4 Å². The predicted octanol–water partition coefficient (Wildman–Crippen LogP) is 3.00. The quantitative estimate of drug-likeness (QED) is 0.906. The van der Waals surface area contributed by atoms with E-state index in [-0.39, 0.29) is 18.2 Å². The summed E-state index contributed by atoms with van der Waals surface area (Å²) in [5, 5.41) is 3.99. The van der Waals surface area contributed by atoms with Crippen LogP contribution in [-0.2, 0) is 6.54 Å². The molecule has 0 saturated carbocycles. The van der Waals surface area contributed by atoms with Gasteiger partial charge in [-0.3, -0.25) is 4.90 Å². The molecule has 0 bridgehead atoms. The van der Waals surface area contributed by atoms with Crippen molar-refractivity contribution in [2.45, 2.75) is 38.3 Å². The number of rotatable bonds is 5. The van der Waals surface area contributed by atoms with E-state index in [1.807, 2.05) is 0 Å². The van der Waals surface area contributed by atoms with Crippen LogP contribution in [0.4, 0.5) is 4.39 Å². The van der Waals surface area contributed by atoms with Gasteiger partial charge in [-0.25, -0.2) is 4.39 Å². The smallest absolute Gasteiger partial charge is 0.241 e. The van der Waals surface area contributed by atoms with Crippen molar-refractivity contribution in [2.24, 2.45) is 5.73 Å². The fourth-order valence-electron chi connectivity index (χ4n) is 3.00. The summed E-state index contributed by atoms with van der Waals surface area (Å²) in [6.45, 7) is 2.39. The molecule has 0 spiro atoms. The van der Waals surface area contributed by atoms with Gasteiger partial charge >= 0.3 is 0 Å². The van der Waals surface area contributed by atoms with Gasteiger partial charge in [0, 0.05) is 11.6 Å². The summed E-state index contributed by atoms with van der Waals surface area (Å²) in [7, 11) is 0. The molecule has 3 rings (SSSR count). The molecule has 1 aliphatic rings. The average Bonchev–Trinajstić information content (AvgIpc) is 2.99. The summed E-state index contributed by atoms with van der Waals surface area (Å²) in [6, 6.07) is 6.60. The zero-order valence-corrected chi connectivity index (χ0v) is 13.8. The minimum Gasteiger partial charge on any atom is -0.338 e. The zero-order chi connectivity index (χ0) is 15.4. The van der Waals surface area contributed by atoms with E-state index in [0.29, 0.717) is 30.8 Å². The lowest BCUT2D eigenvalue weighted by Crippen LogP contribution is -2.40. The van der Waals surface area contributed by atoms with Crippen LogP contribution in [0.25, 0.3) is 11.4 Å². The Labute approximate surface area is 141 Å². The van der Waals surface area contributed by atoms with Gasteiger partial charge in [-0.1, -0.05) is 11.6 Å². The van der Waals surface area contributed by atoms with E-state index in [1.54, 1.807) is 12.1 Å². The van der Waals surface area contributed by atoms with Crippen LogP contribution in [0.3, 0.4) is 0 Å². The largest absolute Gasteiger partial charge is 0.338 e. The molecule has 1 unspecified atom stereocenters. The normalized spacial score (nSPS) is 18.6. The van der Waals surface area contributed by atoms with Crippen molar-refractivity contribution in [3.63, 3.8) is 0 Å². The second-order valence-electron chi connectivity index (χ2n) is 5.72. The van der Waals surface area contributed by atoms with E-state index in [0.717, 1.165) is 18.5 Å². The summed E-state index contributed by atoms with van der Waals surface area (Å²) in [6.07, 6.45) is 4.63. The highest BCUT2D eigenvalue weighted by atomic mass is 35.5. The molecule has 2 N–H and O–H groups in total. The van der Waals surface area contributed by atoms with E-state index >= 15 is 0 Å². The molecule has 1 saturated heterocycles. The maximum atomic E-state index is 13.0. The SMILES string of the molecule is Cl.NCCC1CCCCN1Cc1nc(-c2ccc(F)cc2)no1. The third kappa shape index (κ3) is 4.50. The maximum absolute atomic E-state index is 13.0. The van der Waals surface area contributed by atoms with Crippen LogP contribution in [-0.4, -0.2) is 34.2 Å². The van der Waals surface area contributed by atoms with E-state index in [9.17, 15) is 4.39 Å². The Morgan fingerprint density at radius 2 is 2.04 bits per heavy atom. The molecule has 0 radical (unpaired) electrons. The predicted molar refractivity (Wildman–Crippen MR) is 88.7 cm³/mol. The monoisotopic (exact) mass is 340 g/mol. The van der Waals surface area contributed by atoms with Crippen LogP contribution in [0.1, 0.15) is 31.6 Å². The summed E-state index contributed by atoms with van der Waals surface area (Å²) in [5.41, 5.74) is 6.46. The first-order chi connectivity index (χ1) is 10.8. The number of hydrogen-bond acceptors (Lipinski definition) is 5. The molecule has 1 aliphatic heterocycles. The number of nitrogens with zero attached hydrogens (tertiary/aromatic N) is 3. The van der Waals surface area contributed by atoms with Crippen LogP contribution >= 0.6 is 12.4 Å². The molecule has 1 aromatic heterocycles. The number of aromatic nitrogens is 2. The van der Waals surface area contributed by atoms with Crippen molar-refractivity contribution in [3.8, 4) is 11.4 Å². The molecule has 0 aliphatic carbocycles. The van der Waals surface area contributed by atoms with Gasteiger partial charge in [0.2, 0.25) is 11.7 Å². The van der Waals surface area contributed by atoms with Crippen molar-refractivity contribution < 1.29 is 8.91 Å². The lowest BCUT2D eigenvalue weighted by atomic mass is 9.99. The first-order valence-electron chi connectivity index (χ1n) is 7.79. The molecule has 1 atom stereocenters. The number of likely N-dealkylation sites (tertiary alicyclic amines) is 1. The number of benzene rings is 1. The van der Waals surface area contributed by atoms with Crippen LogP contribution in [0.2, 0.25) is 0 Å². The molecular formula is C16H22ClFN4O. The Morgan fingerprint density at radius 3 is 2.78 bits per heavy atom. The summed E-state index contributed by atoms with van der Waals surface area (Å²) < 4.78 is 18.3. The maximum Gasteiger partial charge on any atom is 0.241 e. The Morgan fingerprint density at radius 1 is 1.26 bits per heavy atom. The van der Waals surface area contributed by atoms with Gasteiger partial charge in [0.05, 0.1) is 6.54 Å².